The van der Waals surface area contributed by atoms with E-state index in [1.807, 2.05) is 73.0 Å². The third-order valence-corrected chi connectivity index (χ3v) is 5.10. The van der Waals surface area contributed by atoms with Gasteiger partial charge in [-0.3, -0.25) is 4.79 Å². The molecule has 0 saturated carbocycles. The van der Waals surface area contributed by atoms with Crippen LogP contribution in [-0.4, -0.2) is 45.4 Å². The Balaban J connectivity index is 2.12. The molecule has 1 aromatic heterocycles. The minimum atomic E-state index is -0.283. The van der Waals surface area contributed by atoms with Crippen LogP contribution in [-0.2, 0) is 18.4 Å². The zero-order valence-corrected chi connectivity index (χ0v) is 19.4. The molecule has 0 aliphatic heterocycles. The Labute approximate surface area is 182 Å². The van der Waals surface area contributed by atoms with Gasteiger partial charge in [0.25, 0.3) is 0 Å². The molecule has 0 fully saturated rings. The number of anilines is 1. The van der Waals surface area contributed by atoms with Crippen molar-refractivity contribution in [1.29, 1.82) is 0 Å². The summed E-state index contributed by atoms with van der Waals surface area (Å²) in [6, 6.07) is 11.0. The number of hydrogen-bond acceptors (Lipinski definition) is 2. The van der Waals surface area contributed by atoms with E-state index in [0.717, 1.165) is 10.2 Å². The van der Waals surface area contributed by atoms with Gasteiger partial charge >= 0.3 is 6.03 Å². The number of benzene rings is 1. The highest BCUT2D eigenvalue weighted by Gasteiger charge is 2.24. The first-order valence-corrected chi connectivity index (χ1v) is 10.7. The summed E-state index contributed by atoms with van der Waals surface area (Å²) < 4.78 is 2.90. The zero-order chi connectivity index (χ0) is 21.6. The number of aromatic nitrogens is 1. The van der Waals surface area contributed by atoms with Crippen molar-refractivity contribution in [3.63, 3.8) is 0 Å². The van der Waals surface area contributed by atoms with E-state index in [2.05, 4.69) is 35.1 Å². The molecule has 0 bridgehead atoms. The summed E-state index contributed by atoms with van der Waals surface area (Å²) in [5, 5.41) is 2.89. The largest absolute Gasteiger partial charge is 0.353 e. The minimum Gasteiger partial charge on any atom is -0.353 e. The first-order chi connectivity index (χ1) is 13.7. The van der Waals surface area contributed by atoms with Crippen molar-refractivity contribution < 1.29 is 9.59 Å². The maximum atomic E-state index is 13.1. The van der Waals surface area contributed by atoms with Crippen molar-refractivity contribution in [3.05, 3.63) is 52.8 Å². The molecule has 0 atom stereocenters. The number of halogens is 1. The molecule has 0 unspecified atom stereocenters. The molecule has 0 spiro atoms. The number of carbonyl (C=O) groups excluding carboxylic acids is 2. The van der Waals surface area contributed by atoms with Gasteiger partial charge in [0.1, 0.15) is 6.54 Å². The Hall–Kier alpha value is -2.28. The van der Waals surface area contributed by atoms with E-state index >= 15 is 0 Å². The Morgan fingerprint density at radius 2 is 1.86 bits per heavy atom. The summed E-state index contributed by atoms with van der Waals surface area (Å²) in [6.45, 7) is 9.21. The van der Waals surface area contributed by atoms with Gasteiger partial charge in [0.05, 0.1) is 6.54 Å². The van der Waals surface area contributed by atoms with Crippen molar-refractivity contribution in [1.82, 2.24) is 14.4 Å². The molecule has 2 aromatic rings. The lowest BCUT2D eigenvalue weighted by Crippen LogP contribution is -2.48. The van der Waals surface area contributed by atoms with Crippen LogP contribution in [0.2, 0.25) is 0 Å². The number of urea groups is 1. The third kappa shape index (κ3) is 6.92. The molecule has 158 valence electrons. The van der Waals surface area contributed by atoms with Crippen LogP contribution >= 0.6 is 15.9 Å². The number of hydrogen-bond donors (Lipinski definition) is 1. The fourth-order valence-corrected chi connectivity index (χ4v) is 3.45. The van der Waals surface area contributed by atoms with E-state index in [1.54, 1.807) is 4.90 Å². The molecule has 6 nitrogen and oxygen atoms in total. The lowest BCUT2D eigenvalue weighted by molar-refractivity contribution is -0.133. The summed E-state index contributed by atoms with van der Waals surface area (Å²) in [7, 11) is 1.97. The van der Waals surface area contributed by atoms with Crippen molar-refractivity contribution >= 4 is 33.6 Å². The lowest BCUT2D eigenvalue weighted by Gasteiger charge is -2.31. The van der Waals surface area contributed by atoms with E-state index in [0.29, 0.717) is 24.7 Å². The van der Waals surface area contributed by atoms with Gasteiger partial charge in [-0.15, -0.1) is 0 Å². The number of aryl methyl sites for hydroxylation is 1. The van der Waals surface area contributed by atoms with Gasteiger partial charge in [0.15, 0.2) is 0 Å². The van der Waals surface area contributed by atoms with Crippen molar-refractivity contribution in [2.45, 2.75) is 40.3 Å². The average Bonchev–Trinajstić information content (AvgIpc) is 3.03. The van der Waals surface area contributed by atoms with Crippen LogP contribution in [0.1, 0.15) is 33.4 Å². The molecule has 2 rings (SSSR count). The van der Waals surface area contributed by atoms with Gasteiger partial charge in [-0.2, -0.15) is 0 Å². The Bertz CT molecular complexity index is 832. The standard InChI is InChI=1S/C22H31BrN4O2/c1-16(2)13-26(14-20-10-7-11-25(20)5)21(28)15-27(17(3)4)22(29)24-19-9-6-8-18(23)12-19/h6-12,16-17H,13-15H2,1-5H3,(H,24,29). The fraction of sp³-hybridized carbons (Fsp3) is 0.455. The summed E-state index contributed by atoms with van der Waals surface area (Å²) >= 11 is 3.41. The minimum absolute atomic E-state index is 0.0364. The number of nitrogens with zero attached hydrogens (tertiary/aromatic N) is 3. The SMILES string of the molecule is CC(C)CN(Cc1cccn1C)C(=O)CN(C(=O)Nc1cccc(Br)c1)C(C)C. The molecule has 7 heteroatoms. The highest BCUT2D eigenvalue weighted by molar-refractivity contribution is 9.10. The molecule has 1 N–H and O–H groups in total. The van der Waals surface area contributed by atoms with Crippen molar-refractivity contribution in [2.24, 2.45) is 13.0 Å². The van der Waals surface area contributed by atoms with E-state index < -0.39 is 0 Å². The third-order valence-electron chi connectivity index (χ3n) is 4.61. The van der Waals surface area contributed by atoms with Gasteiger partial charge in [0, 0.05) is 41.7 Å². The second-order valence-electron chi connectivity index (χ2n) is 7.94. The normalized spacial score (nSPS) is 11.0. The second kappa shape index (κ2) is 10.5. The van der Waals surface area contributed by atoms with Crippen LogP contribution in [0.15, 0.2) is 47.1 Å². The summed E-state index contributed by atoms with van der Waals surface area (Å²) in [6.07, 6.45) is 1.97. The molecule has 0 saturated heterocycles. The molecule has 0 aliphatic carbocycles. The summed E-state index contributed by atoms with van der Waals surface area (Å²) in [5.41, 5.74) is 1.75. The lowest BCUT2D eigenvalue weighted by atomic mass is 10.2. The molecule has 1 aromatic carbocycles. The van der Waals surface area contributed by atoms with Gasteiger partial charge in [-0.05, 0) is 50.1 Å². The molecular weight excluding hydrogens is 432 g/mol. The van der Waals surface area contributed by atoms with Gasteiger partial charge in [0.2, 0.25) is 5.91 Å². The quantitative estimate of drug-likeness (QED) is 0.616. The Morgan fingerprint density at radius 1 is 1.14 bits per heavy atom. The van der Waals surface area contributed by atoms with E-state index in [9.17, 15) is 9.59 Å². The van der Waals surface area contributed by atoms with E-state index in [1.165, 1.54) is 0 Å². The van der Waals surface area contributed by atoms with Crippen LogP contribution in [0.3, 0.4) is 0 Å². The van der Waals surface area contributed by atoms with Gasteiger partial charge < -0.3 is 19.7 Å². The maximum Gasteiger partial charge on any atom is 0.322 e. The van der Waals surface area contributed by atoms with E-state index in [-0.39, 0.29) is 24.5 Å². The smallest absolute Gasteiger partial charge is 0.322 e. The fourth-order valence-electron chi connectivity index (χ4n) is 3.05. The number of rotatable bonds is 8. The van der Waals surface area contributed by atoms with Crippen LogP contribution in [0.25, 0.3) is 0 Å². The van der Waals surface area contributed by atoms with Gasteiger partial charge in [-0.25, -0.2) is 4.79 Å². The van der Waals surface area contributed by atoms with Crippen molar-refractivity contribution in [2.75, 3.05) is 18.4 Å². The topological polar surface area (TPSA) is 57.6 Å². The number of carbonyl (C=O) groups is 2. The van der Waals surface area contributed by atoms with Crippen LogP contribution in [0.4, 0.5) is 10.5 Å². The Kier molecular flexibility index (Phi) is 8.32. The van der Waals surface area contributed by atoms with Crippen LogP contribution in [0, 0.1) is 5.92 Å². The predicted molar refractivity (Wildman–Crippen MR) is 121 cm³/mol. The second-order valence-corrected chi connectivity index (χ2v) is 8.86. The molecule has 29 heavy (non-hydrogen) atoms. The maximum absolute atomic E-state index is 13.1. The van der Waals surface area contributed by atoms with Crippen LogP contribution in [0.5, 0.6) is 0 Å². The van der Waals surface area contributed by atoms with E-state index in [4.69, 9.17) is 0 Å². The molecular formula is C22H31BrN4O2. The Morgan fingerprint density at radius 3 is 2.41 bits per heavy atom. The molecule has 0 aliphatic rings. The van der Waals surface area contributed by atoms with Crippen molar-refractivity contribution in [3.8, 4) is 0 Å². The van der Waals surface area contributed by atoms with Crippen LogP contribution < -0.4 is 5.32 Å². The summed E-state index contributed by atoms with van der Waals surface area (Å²) in [5.74, 6) is 0.278. The number of nitrogens with one attached hydrogen (secondary N) is 1. The average molecular weight is 463 g/mol. The summed E-state index contributed by atoms with van der Waals surface area (Å²) in [4.78, 5) is 29.4. The monoisotopic (exact) mass is 462 g/mol. The first kappa shape index (κ1) is 23.0. The zero-order valence-electron chi connectivity index (χ0n) is 17.9. The first-order valence-electron chi connectivity index (χ1n) is 9.88. The van der Waals surface area contributed by atoms with Gasteiger partial charge in [-0.1, -0.05) is 35.8 Å². The molecule has 1 heterocycles. The highest BCUT2D eigenvalue weighted by atomic mass is 79.9. The molecule has 3 amide bonds. The highest BCUT2D eigenvalue weighted by Crippen LogP contribution is 2.17. The predicted octanol–water partition coefficient (Wildman–Crippen LogP) is 4.71. The number of amides is 3. The molecule has 0 radical (unpaired) electrons.